The number of halogens is 1. The third-order valence-electron chi connectivity index (χ3n) is 4.05. The molecule has 24 heavy (non-hydrogen) atoms. The van der Waals surface area contributed by atoms with Crippen LogP contribution < -0.4 is 10.2 Å². The van der Waals surface area contributed by atoms with Crippen molar-refractivity contribution in [3.8, 4) is 0 Å². The molecule has 1 aromatic carbocycles. The van der Waals surface area contributed by atoms with Crippen LogP contribution in [0.2, 0.25) is 0 Å². The van der Waals surface area contributed by atoms with Crippen LogP contribution in [0.3, 0.4) is 0 Å². The van der Waals surface area contributed by atoms with Gasteiger partial charge in [-0.15, -0.1) is 0 Å². The molecule has 1 fully saturated rings. The number of rotatable bonds is 9. The fourth-order valence-corrected chi connectivity index (χ4v) is 3.16. The minimum absolute atomic E-state index is 0.00931. The average molecular weight is 397 g/mol. The van der Waals surface area contributed by atoms with E-state index in [1.807, 2.05) is 24.3 Å². The average Bonchev–Trinajstić information content (AvgIpc) is 2.96. The Labute approximate surface area is 151 Å². The standard InChI is InChI=1S/C18H25BrN2O3/c1-2-3-10-24-11-6-9-20-18(23)14-12-17(22)21(13-14)16-8-5-4-7-15(16)19/h4-5,7-8,14H,2-3,6,9-13H2,1H3,(H,20,23). The van der Waals surface area contributed by atoms with Gasteiger partial charge >= 0.3 is 0 Å². The van der Waals surface area contributed by atoms with E-state index in [0.717, 1.165) is 36.0 Å². The van der Waals surface area contributed by atoms with Crippen LogP contribution in [-0.4, -0.2) is 38.1 Å². The van der Waals surface area contributed by atoms with Gasteiger partial charge in [-0.2, -0.15) is 0 Å². The summed E-state index contributed by atoms with van der Waals surface area (Å²) in [6, 6.07) is 7.57. The maximum absolute atomic E-state index is 12.2. The zero-order valence-corrected chi connectivity index (χ0v) is 15.7. The van der Waals surface area contributed by atoms with Crippen LogP contribution >= 0.6 is 15.9 Å². The SMILES string of the molecule is CCCCOCCCNC(=O)C1CC(=O)N(c2ccccc2Br)C1. The summed E-state index contributed by atoms with van der Waals surface area (Å²) in [5.74, 6) is -0.345. The second kappa shape index (κ2) is 9.79. The first-order valence-electron chi connectivity index (χ1n) is 8.53. The monoisotopic (exact) mass is 396 g/mol. The van der Waals surface area contributed by atoms with Crippen molar-refractivity contribution >= 4 is 33.4 Å². The molecule has 0 aliphatic carbocycles. The molecule has 5 nitrogen and oxygen atoms in total. The number of nitrogens with one attached hydrogen (secondary N) is 1. The van der Waals surface area contributed by atoms with Gasteiger partial charge in [0.05, 0.1) is 11.6 Å². The predicted molar refractivity (Wildman–Crippen MR) is 98.0 cm³/mol. The number of ether oxygens (including phenoxy) is 1. The van der Waals surface area contributed by atoms with Crippen molar-refractivity contribution in [3.63, 3.8) is 0 Å². The van der Waals surface area contributed by atoms with Crippen LogP contribution in [-0.2, 0) is 14.3 Å². The third kappa shape index (κ3) is 5.31. The highest BCUT2D eigenvalue weighted by molar-refractivity contribution is 9.10. The van der Waals surface area contributed by atoms with Gasteiger partial charge < -0.3 is 15.0 Å². The quantitative estimate of drug-likeness (QED) is 0.652. The first-order valence-corrected chi connectivity index (χ1v) is 9.33. The van der Waals surface area contributed by atoms with Crippen LogP contribution in [0.4, 0.5) is 5.69 Å². The second-order valence-corrected chi connectivity index (χ2v) is 6.82. The van der Waals surface area contributed by atoms with Crippen molar-refractivity contribution in [1.29, 1.82) is 0 Å². The van der Waals surface area contributed by atoms with Gasteiger partial charge in [-0.05, 0) is 40.9 Å². The number of hydrogen-bond donors (Lipinski definition) is 1. The van der Waals surface area contributed by atoms with Crippen LogP contribution in [0.5, 0.6) is 0 Å². The number of carbonyl (C=O) groups excluding carboxylic acids is 2. The second-order valence-electron chi connectivity index (χ2n) is 5.97. The summed E-state index contributed by atoms with van der Waals surface area (Å²) in [5, 5.41) is 2.91. The Balaban J connectivity index is 1.75. The Morgan fingerprint density at radius 3 is 2.83 bits per heavy atom. The summed E-state index contributed by atoms with van der Waals surface area (Å²) in [4.78, 5) is 26.2. The zero-order valence-electron chi connectivity index (χ0n) is 14.1. The lowest BCUT2D eigenvalue weighted by molar-refractivity contribution is -0.126. The highest BCUT2D eigenvalue weighted by Crippen LogP contribution is 2.31. The molecule has 1 aliphatic rings. The molecule has 1 atom stereocenters. The molecule has 0 spiro atoms. The molecule has 1 unspecified atom stereocenters. The molecule has 1 aliphatic heterocycles. The van der Waals surface area contributed by atoms with E-state index in [4.69, 9.17) is 4.74 Å². The van der Waals surface area contributed by atoms with Crippen molar-refractivity contribution < 1.29 is 14.3 Å². The number of hydrogen-bond acceptors (Lipinski definition) is 3. The molecular weight excluding hydrogens is 372 g/mol. The Bertz CT molecular complexity index is 565. The highest BCUT2D eigenvalue weighted by Gasteiger charge is 2.35. The van der Waals surface area contributed by atoms with Crippen molar-refractivity contribution in [2.45, 2.75) is 32.6 Å². The first kappa shape index (κ1) is 18.9. The summed E-state index contributed by atoms with van der Waals surface area (Å²) < 4.78 is 6.33. The fraction of sp³-hybridized carbons (Fsp3) is 0.556. The normalized spacial score (nSPS) is 17.3. The molecule has 0 saturated carbocycles. The van der Waals surface area contributed by atoms with E-state index in [1.54, 1.807) is 4.90 Å². The minimum atomic E-state index is -0.286. The number of nitrogens with zero attached hydrogens (tertiary/aromatic N) is 1. The van der Waals surface area contributed by atoms with E-state index in [1.165, 1.54) is 0 Å². The Morgan fingerprint density at radius 1 is 1.33 bits per heavy atom. The van der Waals surface area contributed by atoms with Crippen molar-refractivity contribution in [1.82, 2.24) is 5.32 Å². The van der Waals surface area contributed by atoms with E-state index < -0.39 is 0 Å². The molecule has 1 aromatic rings. The summed E-state index contributed by atoms with van der Waals surface area (Å²) in [6.07, 6.45) is 3.26. The van der Waals surface area contributed by atoms with Crippen molar-refractivity contribution in [2.24, 2.45) is 5.92 Å². The fourth-order valence-electron chi connectivity index (χ4n) is 2.67. The zero-order chi connectivity index (χ0) is 17.4. The van der Waals surface area contributed by atoms with Gasteiger partial charge in [0.2, 0.25) is 11.8 Å². The molecule has 1 N–H and O–H groups in total. The van der Waals surface area contributed by atoms with Crippen LogP contribution in [0.1, 0.15) is 32.6 Å². The topological polar surface area (TPSA) is 58.6 Å². The van der Waals surface area contributed by atoms with Gasteiger partial charge in [-0.3, -0.25) is 9.59 Å². The van der Waals surface area contributed by atoms with Gasteiger partial charge in [0.15, 0.2) is 0 Å². The first-order chi connectivity index (χ1) is 11.6. The van der Waals surface area contributed by atoms with Gasteiger partial charge in [0, 0.05) is 37.2 Å². The van der Waals surface area contributed by atoms with Crippen LogP contribution in [0.25, 0.3) is 0 Å². The van der Waals surface area contributed by atoms with Crippen molar-refractivity contribution in [2.75, 3.05) is 31.2 Å². The van der Waals surface area contributed by atoms with Crippen LogP contribution in [0.15, 0.2) is 28.7 Å². The highest BCUT2D eigenvalue weighted by atomic mass is 79.9. The lowest BCUT2D eigenvalue weighted by atomic mass is 10.1. The Morgan fingerprint density at radius 2 is 2.08 bits per heavy atom. The molecule has 132 valence electrons. The largest absolute Gasteiger partial charge is 0.381 e. The number of anilines is 1. The molecule has 6 heteroatoms. The van der Waals surface area contributed by atoms with Crippen molar-refractivity contribution in [3.05, 3.63) is 28.7 Å². The summed E-state index contributed by atoms with van der Waals surface area (Å²) in [5.41, 5.74) is 0.821. The van der Waals surface area contributed by atoms with Crippen LogP contribution in [0, 0.1) is 5.92 Å². The maximum Gasteiger partial charge on any atom is 0.227 e. The molecule has 0 bridgehead atoms. The number of benzene rings is 1. The number of amides is 2. The number of carbonyl (C=O) groups is 2. The molecule has 2 rings (SSSR count). The van der Waals surface area contributed by atoms with E-state index in [9.17, 15) is 9.59 Å². The van der Waals surface area contributed by atoms with Gasteiger partial charge in [-0.1, -0.05) is 25.5 Å². The van der Waals surface area contributed by atoms with E-state index >= 15 is 0 Å². The third-order valence-corrected chi connectivity index (χ3v) is 4.72. The summed E-state index contributed by atoms with van der Waals surface area (Å²) in [7, 11) is 0. The lowest BCUT2D eigenvalue weighted by Crippen LogP contribution is -2.34. The Kier molecular flexibility index (Phi) is 7.72. The molecule has 2 amide bonds. The smallest absolute Gasteiger partial charge is 0.227 e. The molecule has 0 aromatic heterocycles. The molecule has 0 radical (unpaired) electrons. The van der Waals surface area contributed by atoms with Gasteiger partial charge in [-0.25, -0.2) is 0 Å². The molecular formula is C18H25BrN2O3. The Hall–Kier alpha value is -1.40. The number of unbranched alkanes of at least 4 members (excludes halogenated alkanes) is 1. The predicted octanol–water partition coefficient (Wildman–Crippen LogP) is 3.13. The van der Waals surface area contributed by atoms with Gasteiger partial charge in [0.25, 0.3) is 0 Å². The van der Waals surface area contributed by atoms with E-state index in [0.29, 0.717) is 19.7 Å². The molecule has 1 saturated heterocycles. The maximum atomic E-state index is 12.2. The van der Waals surface area contributed by atoms with E-state index in [2.05, 4.69) is 28.2 Å². The lowest BCUT2D eigenvalue weighted by Gasteiger charge is -2.18. The summed E-state index contributed by atoms with van der Waals surface area (Å²) >= 11 is 3.46. The number of para-hydroxylation sites is 1. The molecule has 1 heterocycles. The van der Waals surface area contributed by atoms with E-state index in [-0.39, 0.29) is 24.2 Å². The summed E-state index contributed by atoms with van der Waals surface area (Å²) in [6.45, 7) is 4.59. The van der Waals surface area contributed by atoms with Gasteiger partial charge in [0.1, 0.15) is 0 Å². The minimum Gasteiger partial charge on any atom is -0.381 e.